The summed E-state index contributed by atoms with van der Waals surface area (Å²) in [6.45, 7) is 4.57. The maximum absolute atomic E-state index is 11.8. The molecule has 3 N–H and O–H groups in total. The Balaban J connectivity index is 0.00000441. The van der Waals surface area contributed by atoms with Crippen LogP contribution in [0.15, 0.2) is 18.2 Å². The molecule has 0 bridgehead atoms. The van der Waals surface area contributed by atoms with Crippen molar-refractivity contribution < 1.29 is 13.2 Å². The number of amides is 1. The van der Waals surface area contributed by atoms with Gasteiger partial charge in [0.15, 0.2) is 0 Å². The number of benzene rings is 1. The largest absolute Gasteiger partial charge is 0.354 e. The highest BCUT2D eigenvalue weighted by Crippen LogP contribution is 2.09. The third-order valence-corrected chi connectivity index (χ3v) is 4.11. The predicted molar refractivity (Wildman–Crippen MR) is 92.2 cm³/mol. The smallest absolute Gasteiger partial charge is 0.236 e. The van der Waals surface area contributed by atoms with Gasteiger partial charge in [0.25, 0.3) is 0 Å². The molecule has 0 fully saturated rings. The molecule has 7 heteroatoms. The van der Waals surface area contributed by atoms with Crippen LogP contribution in [0.5, 0.6) is 0 Å². The average Bonchev–Trinajstić information content (AvgIpc) is 2.33. The number of sulfone groups is 1. The Hall–Kier alpha value is -1.11. The van der Waals surface area contributed by atoms with Crippen molar-refractivity contribution in [1.29, 1.82) is 0 Å². The van der Waals surface area contributed by atoms with Crippen LogP contribution in [-0.2, 0) is 21.1 Å². The maximum atomic E-state index is 11.8. The van der Waals surface area contributed by atoms with Crippen LogP contribution < -0.4 is 11.1 Å². The van der Waals surface area contributed by atoms with Gasteiger partial charge in [-0.3, -0.25) is 4.79 Å². The summed E-state index contributed by atoms with van der Waals surface area (Å²) >= 11 is 0. The van der Waals surface area contributed by atoms with Crippen molar-refractivity contribution in [3.63, 3.8) is 0 Å². The van der Waals surface area contributed by atoms with E-state index in [-0.39, 0.29) is 30.5 Å². The van der Waals surface area contributed by atoms with Gasteiger partial charge in [0.1, 0.15) is 9.84 Å². The minimum absolute atomic E-state index is 0. The van der Waals surface area contributed by atoms with Crippen molar-refractivity contribution in [2.75, 3.05) is 18.6 Å². The highest BCUT2D eigenvalue weighted by molar-refractivity contribution is 7.90. The van der Waals surface area contributed by atoms with Crippen molar-refractivity contribution in [2.45, 2.75) is 32.7 Å². The lowest BCUT2D eigenvalue weighted by atomic mass is 10.1. The summed E-state index contributed by atoms with van der Waals surface area (Å²) < 4.78 is 22.1. The molecule has 0 heterocycles. The molecule has 0 saturated heterocycles. The van der Waals surface area contributed by atoms with E-state index in [2.05, 4.69) is 23.5 Å². The molecule has 22 heavy (non-hydrogen) atoms. The Morgan fingerprint density at radius 3 is 2.27 bits per heavy atom. The number of carbonyl (C=O) groups excluding carboxylic acids is 1. The van der Waals surface area contributed by atoms with E-state index >= 15 is 0 Å². The van der Waals surface area contributed by atoms with Gasteiger partial charge in [-0.25, -0.2) is 8.42 Å². The predicted octanol–water partition coefficient (Wildman–Crippen LogP) is 1.15. The van der Waals surface area contributed by atoms with Crippen LogP contribution in [0, 0.1) is 13.8 Å². The normalized spacial score (nSPS) is 12.4. The third kappa shape index (κ3) is 8.36. The first-order valence-electron chi connectivity index (χ1n) is 6.95. The second-order valence-corrected chi connectivity index (χ2v) is 7.82. The topological polar surface area (TPSA) is 89.3 Å². The molecule has 1 amide bonds. The molecular weight excluding hydrogens is 324 g/mol. The van der Waals surface area contributed by atoms with E-state index < -0.39 is 15.9 Å². The van der Waals surface area contributed by atoms with Crippen LogP contribution in [0.4, 0.5) is 0 Å². The van der Waals surface area contributed by atoms with Gasteiger partial charge in [-0.05, 0) is 32.3 Å². The number of nitrogens with two attached hydrogens (primary N) is 1. The SMILES string of the molecule is Cc1cc(C)cc(CCNC(=O)C(N)CCS(C)(=O)=O)c1.Cl. The molecule has 1 atom stereocenters. The Bertz CT molecular complexity index is 583. The van der Waals surface area contributed by atoms with Crippen LogP contribution in [0.2, 0.25) is 0 Å². The van der Waals surface area contributed by atoms with E-state index in [1.165, 1.54) is 11.1 Å². The molecule has 1 rings (SSSR count). The third-order valence-electron chi connectivity index (χ3n) is 3.13. The van der Waals surface area contributed by atoms with E-state index in [1.807, 2.05) is 13.8 Å². The van der Waals surface area contributed by atoms with Crippen molar-refractivity contribution in [1.82, 2.24) is 5.32 Å². The fourth-order valence-electron chi connectivity index (χ4n) is 2.15. The van der Waals surface area contributed by atoms with Crippen molar-refractivity contribution in [3.8, 4) is 0 Å². The standard InChI is InChI=1S/C15H24N2O3S.ClH/c1-11-8-12(2)10-13(9-11)4-6-17-15(18)14(16)5-7-21(3,19)20;/h8-10,14H,4-7,16H2,1-3H3,(H,17,18);1H. The lowest BCUT2D eigenvalue weighted by Gasteiger charge is -2.12. The lowest BCUT2D eigenvalue weighted by Crippen LogP contribution is -2.42. The van der Waals surface area contributed by atoms with Gasteiger partial charge >= 0.3 is 0 Å². The number of hydrogen-bond acceptors (Lipinski definition) is 4. The van der Waals surface area contributed by atoms with Crippen molar-refractivity contribution in [2.24, 2.45) is 5.73 Å². The fourth-order valence-corrected chi connectivity index (χ4v) is 2.83. The molecule has 1 aromatic carbocycles. The quantitative estimate of drug-likeness (QED) is 0.773. The zero-order valence-electron chi connectivity index (χ0n) is 13.3. The molecule has 0 aliphatic heterocycles. The van der Waals surface area contributed by atoms with Crippen LogP contribution in [-0.4, -0.2) is 38.9 Å². The number of carbonyl (C=O) groups is 1. The summed E-state index contributed by atoms with van der Waals surface area (Å²) in [5, 5.41) is 2.75. The second-order valence-electron chi connectivity index (χ2n) is 5.56. The van der Waals surface area contributed by atoms with Crippen molar-refractivity contribution >= 4 is 28.2 Å². The molecule has 0 spiro atoms. The number of rotatable bonds is 7. The summed E-state index contributed by atoms with van der Waals surface area (Å²) in [4.78, 5) is 11.8. The van der Waals surface area contributed by atoms with E-state index in [1.54, 1.807) is 0 Å². The lowest BCUT2D eigenvalue weighted by molar-refractivity contribution is -0.122. The zero-order chi connectivity index (χ0) is 16.0. The highest BCUT2D eigenvalue weighted by atomic mass is 35.5. The summed E-state index contributed by atoms with van der Waals surface area (Å²) in [6.07, 6.45) is 2.01. The first kappa shape index (κ1) is 20.9. The molecule has 5 nitrogen and oxygen atoms in total. The van der Waals surface area contributed by atoms with Crippen molar-refractivity contribution in [3.05, 3.63) is 34.9 Å². The van der Waals surface area contributed by atoms with E-state index in [0.717, 1.165) is 18.2 Å². The van der Waals surface area contributed by atoms with E-state index in [9.17, 15) is 13.2 Å². The Kier molecular flexibility index (Phi) is 8.66. The van der Waals surface area contributed by atoms with Gasteiger partial charge in [0.2, 0.25) is 5.91 Å². The second kappa shape index (κ2) is 9.12. The van der Waals surface area contributed by atoms with Gasteiger partial charge in [-0.15, -0.1) is 12.4 Å². The first-order valence-corrected chi connectivity index (χ1v) is 9.01. The monoisotopic (exact) mass is 348 g/mol. The first-order chi connectivity index (χ1) is 9.67. The molecule has 126 valence electrons. The minimum Gasteiger partial charge on any atom is -0.354 e. The fraction of sp³-hybridized carbons (Fsp3) is 0.533. The molecule has 0 aliphatic rings. The summed E-state index contributed by atoms with van der Waals surface area (Å²) in [7, 11) is -3.09. The Morgan fingerprint density at radius 1 is 1.23 bits per heavy atom. The molecule has 0 aliphatic carbocycles. The molecule has 1 aromatic rings. The van der Waals surface area contributed by atoms with E-state index in [0.29, 0.717) is 6.54 Å². The molecular formula is C15H25ClN2O3S. The van der Waals surface area contributed by atoms with Gasteiger partial charge < -0.3 is 11.1 Å². The van der Waals surface area contributed by atoms with Gasteiger partial charge in [-0.1, -0.05) is 29.3 Å². The summed E-state index contributed by atoms with van der Waals surface area (Å²) in [5.74, 6) is -0.374. The number of halogens is 1. The van der Waals surface area contributed by atoms with Crippen LogP contribution in [0.1, 0.15) is 23.1 Å². The van der Waals surface area contributed by atoms with Gasteiger partial charge in [-0.2, -0.15) is 0 Å². The summed E-state index contributed by atoms with van der Waals surface area (Å²) in [6, 6.07) is 5.49. The molecule has 0 radical (unpaired) electrons. The number of aryl methyl sites for hydroxylation is 2. The Labute approximate surface area is 139 Å². The van der Waals surface area contributed by atoms with E-state index in [4.69, 9.17) is 5.73 Å². The minimum atomic E-state index is -3.09. The van der Waals surface area contributed by atoms with Crippen LogP contribution in [0.3, 0.4) is 0 Å². The van der Waals surface area contributed by atoms with Crippen LogP contribution in [0.25, 0.3) is 0 Å². The number of hydrogen-bond donors (Lipinski definition) is 2. The molecule has 0 saturated carbocycles. The highest BCUT2D eigenvalue weighted by Gasteiger charge is 2.15. The summed E-state index contributed by atoms with van der Waals surface area (Å²) in [5.41, 5.74) is 9.23. The molecule has 0 aromatic heterocycles. The maximum Gasteiger partial charge on any atom is 0.236 e. The molecule has 1 unspecified atom stereocenters. The van der Waals surface area contributed by atoms with Gasteiger partial charge in [0.05, 0.1) is 11.8 Å². The zero-order valence-corrected chi connectivity index (χ0v) is 14.9. The Morgan fingerprint density at radius 2 is 1.77 bits per heavy atom. The average molecular weight is 349 g/mol. The van der Waals surface area contributed by atoms with Crippen LogP contribution >= 0.6 is 12.4 Å². The number of nitrogens with one attached hydrogen (secondary N) is 1. The van der Waals surface area contributed by atoms with Gasteiger partial charge in [0, 0.05) is 12.8 Å².